The van der Waals surface area contributed by atoms with E-state index in [1.807, 2.05) is 0 Å². The zero-order chi connectivity index (χ0) is 13.9. The van der Waals surface area contributed by atoms with E-state index in [2.05, 4.69) is 19.2 Å². The van der Waals surface area contributed by atoms with Gasteiger partial charge in [0.2, 0.25) is 11.8 Å². The molecule has 2 aliphatic heterocycles. The molecule has 2 saturated heterocycles. The predicted molar refractivity (Wildman–Crippen MR) is 74.2 cm³/mol. The topological polar surface area (TPSA) is 37.4 Å². The first kappa shape index (κ1) is 12.6. The highest BCUT2D eigenvalue weighted by molar-refractivity contribution is 6.06. The standard InChI is InChI=1S/C16H23N2O2/c1-18(7-3-2-4-8-18)10-17-15(19)13-11-5-6-12(9-11)14(13)16(17)20/h5-6,11-14H,2-4,7-10H2,1H3/q+1/t11-,12-,13+,14+/m1/s1. The first-order valence-electron chi connectivity index (χ1n) is 7.96. The lowest BCUT2D eigenvalue weighted by molar-refractivity contribution is -0.920. The largest absolute Gasteiger partial charge is 0.309 e. The van der Waals surface area contributed by atoms with Gasteiger partial charge in [-0.15, -0.1) is 0 Å². The Morgan fingerprint density at radius 1 is 1.05 bits per heavy atom. The van der Waals surface area contributed by atoms with Crippen molar-refractivity contribution in [1.82, 2.24) is 4.90 Å². The normalized spacial score (nSPS) is 41.5. The Balaban J connectivity index is 1.55. The number of rotatable bonds is 2. The van der Waals surface area contributed by atoms with Crippen molar-refractivity contribution in [2.75, 3.05) is 26.8 Å². The summed E-state index contributed by atoms with van der Waals surface area (Å²) in [7, 11) is 2.20. The zero-order valence-electron chi connectivity index (χ0n) is 12.1. The maximum absolute atomic E-state index is 12.7. The van der Waals surface area contributed by atoms with Crippen LogP contribution in [0.5, 0.6) is 0 Å². The molecular weight excluding hydrogens is 252 g/mol. The highest BCUT2D eigenvalue weighted by Gasteiger charge is 2.60. The summed E-state index contributed by atoms with van der Waals surface area (Å²) in [6.07, 6.45) is 9.07. The molecule has 0 unspecified atom stereocenters. The molecule has 4 aliphatic rings. The number of nitrogens with zero attached hydrogens (tertiary/aromatic N) is 2. The lowest BCUT2D eigenvalue weighted by atomic mass is 9.85. The van der Waals surface area contributed by atoms with Gasteiger partial charge in [-0.3, -0.25) is 9.59 Å². The van der Waals surface area contributed by atoms with Crippen molar-refractivity contribution in [2.45, 2.75) is 25.7 Å². The minimum atomic E-state index is -0.0334. The number of hydrogen-bond acceptors (Lipinski definition) is 2. The first-order chi connectivity index (χ1) is 9.59. The molecule has 2 heterocycles. The van der Waals surface area contributed by atoms with Crippen molar-refractivity contribution in [3.05, 3.63) is 12.2 Å². The highest BCUT2D eigenvalue weighted by atomic mass is 16.2. The summed E-state index contributed by atoms with van der Waals surface area (Å²) < 4.78 is 0.861. The number of allylic oxidation sites excluding steroid dienone is 2. The van der Waals surface area contributed by atoms with Crippen LogP contribution in [0.15, 0.2) is 12.2 Å². The molecule has 0 aromatic rings. The number of likely N-dealkylation sites (tertiary alicyclic amines) is 2. The molecule has 0 radical (unpaired) electrons. The van der Waals surface area contributed by atoms with Gasteiger partial charge in [-0.25, -0.2) is 4.90 Å². The fraction of sp³-hybridized carbons (Fsp3) is 0.750. The molecule has 0 aromatic heterocycles. The molecule has 4 nitrogen and oxygen atoms in total. The summed E-state index contributed by atoms with van der Waals surface area (Å²) in [5.74, 6) is 0.822. The summed E-state index contributed by atoms with van der Waals surface area (Å²) in [5.41, 5.74) is 0. The van der Waals surface area contributed by atoms with E-state index in [1.165, 1.54) is 19.3 Å². The molecule has 0 aromatic carbocycles. The molecule has 4 heteroatoms. The molecular formula is C16H23N2O2+. The molecule has 0 spiro atoms. The summed E-state index contributed by atoms with van der Waals surface area (Å²) in [6.45, 7) is 2.79. The van der Waals surface area contributed by atoms with Crippen molar-refractivity contribution in [1.29, 1.82) is 0 Å². The monoisotopic (exact) mass is 275 g/mol. The van der Waals surface area contributed by atoms with E-state index in [4.69, 9.17) is 0 Å². The van der Waals surface area contributed by atoms with Gasteiger partial charge >= 0.3 is 0 Å². The maximum atomic E-state index is 12.7. The van der Waals surface area contributed by atoms with Gasteiger partial charge < -0.3 is 4.48 Å². The summed E-state index contributed by atoms with van der Waals surface area (Å²) >= 11 is 0. The van der Waals surface area contributed by atoms with Crippen LogP contribution in [0, 0.1) is 23.7 Å². The molecule has 20 heavy (non-hydrogen) atoms. The third-order valence-electron chi connectivity index (χ3n) is 5.94. The van der Waals surface area contributed by atoms with Gasteiger partial charge in [-0.1, -0.05) is 12.2 Å². The van der Waals surface area contributed by atoms with Crippen molar-refractivity contribution < 1.29 is 14.1 Å². The fourth-order valence-electron chi connectivity index (χ4n) is 4.86. The number of quaternary nitrogens is 1. The smallest absolute Gasteiger partial charge is 0.238 e. The zero-order valence-corrected chi connectivity index (χ0v) is 12.1. The van der Waals surface area contributed by atoms with Crippen LogP contribution in [0.25, 0.3) is 0 Å². The maximum Gasteiger partial charge on any atom is 0.238 e. The number of fused-ring (bicyclic) bond motifs is 5. The molecule has 4 atom stereocenters. The summed E-state index contributed by atoms with van der Waals surface area (Å²) in [5, 5.41) is 0. The average Bonchev–Trinajstić information content (AvgIpc) is 3.09. The van der Waals surface area contributed by atoms with Gasteiger partial charge in [-0.05, 0) is 37.5 Å². The number of imide groups is 1. The van der Waals surface area contributed by atoms with Crippen molar-refractivity contribution in [2.24, 2.45) is 23.7 Å². The minimum Gasteiger partial charge on any atom is -0.309 e. The van der Waals surface area contributed by atoms with Crippen LogP contribution in [-0.2, 0) is 9.59 Å². The van der Waals surface area contributed by atoms with E-state index in [0.717, 1.165) is 24.0 Å². The highest BCUT2D eigenvalue weighted by Crippen LogP contribution is 2.52. The van der Waals surface area contributed by atoms with E-state index in [-0.39, 0.29) is 23.7 Å². The quantitative estimate of drug-likeness (QED) is 0.434. The van der Waals surface area contributed by atoms with Crippen LogP contribution in [-0.4, -0.2) is 48.0 Å². The molecule has 3 fully saturated rings. The number of amides is 2. The Kier molecular flexibility index (Phi) is 2.62. The predicted octanol–water partition coefficient (Wildman–Crippen LogP) is 1.38. The Bertz CT molecular complexity index is 463. The number of piperidine rings is 1. The molecule has 0 N–H and O–H groups in total. The van der Waals surface area contributed by atoms with Crippen LogP contribution < -0.4 is 0 Å². The number of carbonyl (C=O) groups excluding carboxylic acids is 2. The minimum absolute atomic E-state index is 0.0334. The second-order valence-corrected chi connectivity index (χ2v) is 7.37. The number of carbonyl (C=O) groups is 2. The Labute approximate surface area is 120 Å². The van der Waals surface area contributed by atoms with Crippen LogP contribution in [0.1, 0.15) is 25.7 Å². The third-order valence-corrected chi connectivity index (χ3v) is 5.94. The van der Waals surface area contributed by atoms with Crippen LogP contribution in [0.2, 0.25) is 0 Å². The first-order valence-corrected chi connectivity index (χ1v) is 7.96. The van der Waals surface area contributed by atoms with Gasteiger partial charge in [0.25, 0.3) is 0 Å². The molecule has 4 rings (SSSR count). The molecule has 1 saturated carbocycles. The average molecular weight is 275 g/mol. The van der Waals surface area contributed by atoms with E-state index < -0.39 is 0 Å². The SMILES string of the molecule is C[N+]1(CN2C(=O)[C@@H]3[C@@H](C2=O)[C@@H]2C=C[C@@H]3C2)CCCCC1. The van der Waals surface area contributed by atoms with Crippen molar-refractivity contribution in [3.63, 3.8) is 0 Å². The van der Waals surface area contributed by atoms with Gasteiger partial charge in [0.15, 0.2) is 6.67 Å². The van der Waals surface area contributed by atoms with Gasteiger partial charge in [0.05, 0.1) is 32.0 Å². The van der Waals surface area contributed by atoms with E-state index >= 15 is 0 Å². The molecule has 2 bridgehead atoms. The fourth-order valence-corrected chi connectivity index (χ4v) is 4.86. The van der Waals surface area contributed by atoms with Crippen molar-refractivity contribution >= 4 is 11.8 Å². The van der Waals surface area contributed by atoms with E-state index in [1.54, 1.807) is 4.90 Å². The summed E-state index contributed by atoms with van der Waals surface area (Å²) in [6, 6.07) is 0. The summed E-state index contributed by atoms with van der Waals surface area (Å²) in [4.78, 5) is 26.9. The van der Waals surface area contributed by atoms with Gasteiger partial charge in [0, 0.05) is 0 Å². The molecule has 108 valence electrons. The Morgan fingerprint density at radius 2 is 1.60 bits per heavy atom. The lowest BCUT2D eigenvalue weighted by Crippen LogP contribution is -2.55. The van der Waals surface area contributed by atoms with Crippen LogP contribution in [0.3, 0.4) is 0 Å². The van der Waals surface area contributed by atoms with E-state index in [0.29, 0.717) is 18.5 Å². The Hall–Kier alpha value is -1.16. The molecule has 2 amide bonds. The van der Waals surface area contributed by atoms with Gasteiger partial charge in [0.1, 0.15) is 0 Å². The van der Waals surface area contributed by atoms with E-state index in [9.17, 15) is 9.59 Å². The number of hydrogen-bond donors (Lipinski definition) is 0. The molecule has 2 aliphatic carbocycles. The van der Waals surface area contributed by atoms with Crippen LogP contribution in [0.4, 0.5) is 0 Å². The van der Waals surface area contributed by atoms with Crippen LogP contribution >= 0.6 is 0 Å². The van der Waals surface area contributed by atoms with Gasteiger partial charge in [-0.2, -0.15) is 0 Å². The third kappa shape index (κ3) is 1.63. The Morgan fingerprint density at radius 3 is 2.15 bits per heavy atom. The second-order valence-electron chi connectivity index (χ2n) is 7.37. The lowest BCUT2D eigenvalue weighted by Gasteiger charge is -2.39. The second kappa shape index (κ2) is 4.17. The van der Waals surface area contributed by atoms with Crippen molar-refractivity contribution in [3.8, 4) is 0 Å².